The van der Waals surface area contributed by atoms with Crippen molar-refractivity contribution in [2.24, 2.45) is 0 Å². The monoisotopic (exact) mass is 283 g/mol. The Labute approximate surface area is 122 Å². The van der Waals surface area contributed by atoms with Crippen LogP contribution in [0.5, 0.6) is 0 Å². The van der Waals surface area contributed by atoms with E-state index in [1.807, 2.05) is 0 Å². The molecule has 0 saturated carbocycles. The number of likely N-dealkylation sites (tertiary alicyclic amines) is 1. The van der Waals surface area contributed by atoms with Gasteiger partial charge >= 0.3 is 5.97 Å². The topological polar surface area (TPSA) is 36.0 Å². The van der Waals surface area contributed by atoms with E-state index in [0.717, 1.165) is 32.7 Å². The van der Waals surface area contributed by atoms with E-state index < -0.39 is 0 Å². The maximum atomic E-state index is 11.1. The molecule has 0 aromatic carbocycles. The molecule has 0 radical (unpaired) electrons. The zero-order valence-electron chi connectivity index (χ0n) is 12.9. The molecule has 0 unspecified atom stereocenters. The number of carbonyl (C=O) groups is 1. The van der Waals surface area contributed by atoms with Gasteiger partial charge in [0.05, 0.1) is 13.5 Å². The molecule has 5 nitrogen and oxygen atoms in total. The van der Waals surface area contributed by atoms with Crippen molar-refractivity contribution in [2.75, 3.05) is 66.0 Å². The van der Waals surface area contributed by atoms with E-state index in [9.17, 15) is 4.79 Å². The van der Waals surface area contributed by atoms with Gasteiger partial charge in [0.15, 0.2) is 0 Å². The van der Waals surface area contributed by atoms with Gasteiger partial charge in [-0.2, -0.15) is 0 Å². The molecule has 0 bridgehead atoms. The second-order valence-electron chi connectivity index (χ2n) is 5.91. The smallest absolute Gasteiger partial charge is 0.306 e. The highest BCUT2D eigenvalue weighted by molar-refractivity contribution is 5.69. The van der Waals surface area contributed by atoms with Crippen molar-refractivity contribution >= 4 is 5.97 Å². The van der Waals surface area contributed by atoms with Gasteiger partial charge in [0.2, 0.25) is 0 Å². The summed E-state index contributed by atoms with van der Waals surface area (Å²) in [6, 6.07) is 0. The second kappa shape index (κ2) is 8.60. The predicted molar refractivity (Wildman–Crippen MR) is 79.8 cm³/mol. The van der Waals surface area contributed by atoms with E-state index in [4.69, 9.17) is 0 Å². The van der Waals surface area contributed by atoms with E-state index in [2.05, 4.69) is 19.4 Å². The Kier molecular flexibility index (Phi) is 6.76. The van der Waals surface area contributed by atoms with Crippen LogP contribution in [0.25, 0.3) is 0 Å². The molecule has 2 aliphatic rings. The molecule has 0 aromatic rings. The number of hydrogen-bond donors (Lipinski definition) is 0. The van der Waals surface area contributed by atoms with Gasteiger partial charge in [-0.25, -0.2) is 0 Å². The van der Waals surface area contributed by atoms with E-state index in [1.54, 1.807) is 0 Å². The van der Waals surface area contributed by atoms with Crippen molar-refractivity contribution in [1.29, 1.82) is 0 Å². The summed E-state index contributed by atoms with van der Waals surface area (Å²) in [5.41, 5.74) is 0. The van der Waals surface area contributed by atoms with Crippen molar-refractivity contribution in [3.63, 3.8) is 0 Å². The third kappa shape index (κ3) is 5.38. The van der Waals surface area contributed by atoms with Gasteiger partial charge in [0.25, 0.3) is 0 Å². The highest BCUT2D eigenvalue weighted by Crippen LogP contribution is 2.09. The first-order valence-electron chi connectivity index (χ1n) is 8.02. The Hall–Kier alpha value is -0.650. The summed E-state index contributed by atoms with van der Waals surface area (Å²) in [6.45, 7) is 10.3. The molecule has 116 valence electrons. The molecule has 2 fully saturated rings. The molecule has 0 spiro atoms. The molecular formula is C15H29N3O2. The molecular weight excluding hydrogens is 254 g/mol. The van der Waals surface area contributed by atoms with Gasteiger partial charge in [-0.1, -0.05) is 6.42 Å². The zero-order valence-corrected chi connectivity index (χ0v) is 12.9. The minimum absolute atomic E-state index is 0.0995. The van der Waals surface area contributed by atoms with Crippen LogP contribution in [0.4, 0.5) is 0 Å². The Morgan fingerprint density at radius 1 is 0.800 bits per heavy atom. The van der Waals surface area contributed by atoms with E-state index >= 15 is 0 Å². The predicted octanol–water partition coefficient (Wildman–Crippen LogP) is 0.653. The fraction of sp³-hybridized carbons (Fsp3) is 0.933. The lowest BCUT2D eigenvalue weighted by Gasteiger charge is -2.36. The Morgan fingerprint density at radius 3 is 1.85 bits per heavy atom. The Bertz CT molecular complexity index is 285. The van der Waals surface area contributed by atoms with Gasteiger partial charge in [-0.15, -0.1) is 0 Å². The largest absolute Gasteiger partial charge is 0.469 e. The summed E-state index contributed by atoms with van der Waals surface area (Å²) in [5, 5.41) is 0. The highest BCUT2D eigenvalue weighted by atomic mass is 16.5. The number of nitrogens with zero attached hydrogens (tertiary/aromatic N) is 3. The number of hydrogen-bond acceptors (Lipinski definition) is 5. The SMILES string of the molecule is COC(=O)CCN1CCN(CCN2CCCCC2)CC1. The number of carbonyl (C=O) groups excluding carboxylic acids is 1. The molecule has 20 heavy (non-hydrogen) atoms. The van der Waals surface area contributed by atoms with Gasteiger partial charge < -0.3 is 14.5 Å². The molecule has 0 N–H and O–H groups in total. The van der Waals surface area contributed by atoms with E-state index in [0.29, 0.717) is 6.42 Å². The van der Waals surface area contributed by atoms with Crippen molar-refractivity contribution in [2.45, 2.75) is 25.7 Å². The summed E-state index contributed by atoms with van der Waals surface area (Å²) < 4.78 is 4.69. The minimum Gasteiger partial charge on any atom is -0.469 e. The van der Waals surface area contributed by atoms with Crippen LogP contribution in [0, 0.1) is 0 Å². The van der Waals surface area contributed by atoms with Crippen LogP contribution >= 0.6 is 0 Å². The van der Waals surface area contributed by atoms with Crippen LogP contribution in [0.1, 0.15) is 25.7 Å². The van der Waals surface area contributed by atoms with Gasteiger partial charge in [0.1, 0.15) is 0 Å². The quantitative estimate of drug-likeness (QED) is 0.669. The summed E-state index contributed by atoms with van der Waals surface area (Å²) in [5.74, 6) is -0.0995. The number of piperidine rings is 1. The molecule has 2 rings (SSSR count). The molecule has 5 heteroatoms. The number of piperazine rings is 1. The first-order valence-corrected chi connectivity index (χ1v) is 8.02. The standard InChI is InChI=1S/C15H29N3O2/c1-20-15(19)5-8-17-10-13-18(14-11-17)12-9-16-6-3-2-4-7-16/h2-14H2,1H3. The molecule has 2 heterocycles. The first-order chi connectivity index (χ1) is 9.78. The van der Waals surface area contributed by atoms with Crippen LogP contribution in [-0.2, 0) is 9.53 Å². The fourth-order valence-electron chi connectivity index (χ4n) is 3.05. The summed E-state index contributed by atoms with van der Waals surface area (Å²) in [4.78, 5) is 18.7. The maximum absolute atomic E-state index is 11.1. The lowest BCUT2D eigenvalue weighted by molar-refractivity contribution is -0.141. The van der Waals surface area contributed by atoms with E-state index in [1.165, 1.54) is 52.6 Å². The van der Waals surface area contributed by atoms with E-state index in [-0.39, 0.29) is 5.97 Å². The van der Waals surface area contributed by atoms with Crippen LogP contribution in [-0.4, -0.2) is 86.7 Å². The third-order valence-corrected chi connectivity index (χ3v) is 4.51. The number of methoxy groups -OCH3 is 1. The summed E-state index contributed by atoms with van der Waals surface area (Å²) >= 11 is 0. The Balaban J connectivity index is 1.55. The molecule has 0 amide bonds. The van der Waals surface area contributed by atoms with Crippen molar-refractivity contribution in [1.82, 2.24) is 14.7 Å². The fourth-order valence-corrected chi connectivity index (χ4v) is 3.05. The molecule has 0 aliphatic carbocycles. The molecule has 2 saturated heterocycles. The summed E-state index contributed by atoms with van der Waals surface area (Å²) in [6.07, 6.45) is 4.68. The molecule has 0 aromatic heterocycles. The van der Waals surface area contributed by atoms with Crippen molar-refractivity contribution < 1.29 is 9.53 Å². The molecule has 0 atom stereocenters. The van der Waals surface area contributed by atoms with Crippen LogP contribution < -0.4 is 0 Å². The number of rotatable bonds is 6. The third-order valence-electron chi connectivity index (χ3n) is 4.51. The molecule has 2 aliphatic heterocycles. The minimum atomic E-state index is -0.0995. The maximum Gasteiger partial charge on any atom is 0.306 e. The highest BCUT2D eigenvalue weighted by Gasteiger charge is 2.18. The second-order valence-corrected chi connectivity index (χ2v) is 5.91. The normalized spacial score (nSPS) is 22.9. The van der Waals surface area contributed by atoms with Gasteiger partial charge in [0, 0.05) is 45.8 Å². The van der Waals surface area contributed by atoms with Crippen LogP contribution in [0.2, 0.25) is 0 Å². The van der Waals surface area contributed by atoms with Crippen molar-refractivity contribution in [3.05, 3.63) is 0 Å². The lowest BCUT2D eigenvalue weighted by atomic mass is 10.1. The van der Waals surface area contributed by atoms with Crippen LogP contribution in [0.15, 0.2) is 0 Å². The lowest BCUT2D eigenvalue weighted by Crippen LogP contribution is -2.49. The number of esters is 1. The van der Waals surface area contributed by atoms with Crippen molar-refractivity contribution in [3.8, 4) is 0 Å². The zero-order chi connectivity index (χ0) is 14.2. The Morgan fingerprint density at radius 2 is 1.30 bits per heavy atom. The number of ether oxygens (including phenoxy) is 1. The van der Waals surface area contributed by atoms with Gasteiger partial charge in [-0.05, 0) is 25.9 Å². The first kappa shape index (κ1) is 15.7. The average Bonchev–Trinajstić information content (AvgIpc) is 2.52. The van der Waals surface area contributed by atoms with Gasteiger partial charge in [-0.3, -0.25) is 9.69 Å². The summed E-state index contributed by atoms with van der Waals surface area (Å²) in [7, 11) is 1.46. The van der Waals surface area contributed by atoms with Crippen LogP contribution in [0.3, 0.4) is 0 Å². The average molecular weight is 283 g/mol.